The van der Waals surface area contributed by atoms with E-state index in [0.717, 1.165) is 11.3 Å². The van der Waals surface area contributed by atoms with Gasteiger partial charge in [-0.3, -0.25) is 9.36 Å². The van der Waals surface area contributed by atoms with E-state index in [-0.39, 0.29) is 6.42 Å². The van der Waals surface area contributed by atoms with Crippen LogP contribution in [0.5, 0.6) is 0 Å². The van der Waals surface area contributed by atoms with Crippen molar-refractivity contribution in [2.45, 2.75) is 19.8 Å². The minimum atomic E-state index is -4.55. The summed E-state index contributed by atoms with van der Waals surface area (Å²) >= 11 is 0. The average molecular weight is 257 g/mol. The lowest BCUT2D eigenvalue weighted by Gasteiger charge is -2.08. The molecule has 17 heavy (non-hydrogen) atoms. The largest absolute Gasteiger partial charge is 0.391 e. The zero-order chi connectivity index (χ0) is 12.9. The van der Waals surface area contributed by atoms with Crippen LogP contribution in [0.15, 0.2) is 24.3 Å². The maximum Gasteiger partial charge on any atom is 0.391 e. The Morgan fingerprint density at radius 3 is 2.59 bits per heavy atom. The second kappa shape index (κ2) is 5.96. The first-order valence-corrected chi connectivity index (χ1v) is 6.91. The van der Waals surface area contributed by atoms with Crippen molar-refractivity contribution < 1.29 is 19.1 Å². The van der Waals surface area contributed by atoms with Gasteiger partial charge < -0.3 is 15.1 Å². The second-order valence-electron chi connectivity index (χ2n) is 3.78. The number of nitrogens with one attached hydrogen (secondary N) is 1. The van der Waals surface area contributed by atoms with E-state index in [2.05, 4.69) is 5.32 Å². The van der Waals surface area contributed by atoms with Gasteiger partial charge >= 0.3 is 7.60 Å². The Kier molecular flexibility index (Phi) is 4.87. The molecule has 0 atom stereocenters. The molecule has 0 saturated heterocycles. The van der Waals surface area contributed by atoms with Gasteiger partial charge in [0.1, 0.15) is 0 Å². The number of benzene rings is 1. The summed E-state index contributed by atoms with van der Waals surface area (Å²) in [4.78, 5) is 28.1. The molecule has 5 nitrogen and oxygen atoms in total. The highest BCUT2D eigenvalue weighted by molar-refractivity contribution is 7.70. The molecule has 1 rings (SSSR count). The summed E-state index contributed by atoms with van der Waals surface area (Å²) in [5, 5.41) is 3.11. The smallest absolute Gasteiger partial charge is 0.385 e. The average Bonchev–Trinajstić information content (AvgIpc) is 2.25. The van der Waals surface area contributed by atoms with Gasteiger partial charge in [-0.1, -0.05) is 18.2 Å². The van der Waals surface area contributed by atoms with Crippen LogP contribution in [-0.2, 0) is 9.36 Å². The van der Waals surface area contributed by atoms with E-state index in [1.165, 1.54) is 0 Å². The summed E-state index contributed by atoms with van der Waals surface area (Å²) in [6.07, 6.45) is 0.293. The number of hydrogen-bond acceptors (Lipinski definition) is 3. The second-order valence-corrected chi connectivity index (χ2v) is 5.37. The molecular formula is C11H16NO4P. The zero-order valence-electron chi connectivity index (χ0n) is 9.59. The zero-order valence-corrected chi connectivity index (χ0v) is 10.5. The van der Waals surface area contributed by atoms with Crippen molar-refractivity contribution in [2.24, 2.45) is 0 Å². The molecule has 0 aliphatic rings. The fourth-order valence-electron chi connectivity index (χ4n) is 1.38. The predicted molar refractivity (Wildman–Crippen MR) is 66.0 cm³/mol. The summed E-state index contributed by atoms with van der Waals surface area (Å²) in [7, 11) is -4.55. The monoisotopic (exact) mass is 257 g/mol. The normalized spacial score (nSPS) is 11.2. The number of rotatable bonds is 6. The molecule has 0 amide bonds. The Morgan fingerprint density at radius 1 is 1.35 bits per heavy atom. The van der Waals surface area contributed by atoms with E-state index in [9.17, 15) is 9.36 Å². The van der Waals surface area contributed by atoms with Gasteiger partial charge in [0, 0.05) is 18.7 Å². The summed E-state index contributed by atoms with van der Waals surface area (Å²) in [6.45, 7) is 2.47. The molecule has 0 heterocycles. The molecule has 0 aliphatic carbocycles. The maximum atomic E-state index is 11.0. The first-order chi connectivity index (χ1) is 7.91. The van der Waals surface area contributed by atoms with Crippen LogP contribution in [0.3, 0.4) is 0 Å². The summed E-state index contributed by atoms with van der Waals surface area (Å²) in [5.41, 5.74) is 1.06. The maximum absolute atomic E-state index is 11.0. The third-order valence-electron chi connectivity index (χ3n) is 2.35. The number of carbonyl (C=O) groups is 1. The third-order valence-corrected chi connectivity index (χ3v) is 3.23. The molecule has 1 aromatic rings. The molecule has 0 saturated carbocycles. The molecular weight excluding hydrogens is 241 g/mol. The van der Waals surface area contributed by atoms with Crippen molar-refractivity contribution in [1.29, 1.82) is 0 Å². The third kappa shape index (κ3) is 4.69. The molecule has 0 bridgehead atoms. The number of para-hydroxylation sites is 1. The molecule has 94 valence electrons. The Bertz CT molecular complexity index is 441. The fourth-order valence-corrected chi connectivity index (χ4v) is 1.83. The number of carbonyl (C=O) groups excluding carboxylic acids is 1. The van der Waals surface area contributed by atoms with E-state index in [0.29, 0.717) is 13.0 Å². The van der Waals surface area contributed by atoms with Crippen molar-refractivity contribution in [3.05, 3.63) is 29.8 Å². The van der Waals surface area contributed by atoms with Gasteiger partial charge in [0.15, 0.2) is 0 Å². The number of hydrogen-bond donors (Lipinski definition) is 3. The first-order valence-electron chi connectivity index (χ1n) is 5.29. The SMILES string of the molecule is Cc1ccccc1NCCCC(=O)P(=O)(O)O. The van der Waals surface area contributed by atoms with Gasteiger partial charge in [0.05, 0.1) is 0 Å². The van der Waals surface area contributed by atoms with Gasteiger partial charge in [0.2, 0.25) is 5.52 Å². The molecule has 3 N–H and O–H groups in total. The van der Waals surface area contributed by atoms with Crippen molar-refractivity contribution in [2.75, 3.05) is 11.9 Å². The number of anilines is 1. The fraction of sp³-hybridized carbons (Fsp3) is 0.364. The van der Waals surface area contributed by atoms with Crippen LogP contribution < -0.4 is 5.32 Å². The van der Waals surface area contributed by atoms with Crippen LogP contribution >= 0.6 is 7.60 Å². The van der Waals surface area contributed by atoms with Gasteiger partial charge in [0.25, 0.3) is 0 Å². The molecule has 0 radical (unpaired) electrons. The van der Waals surface area contributed by atoms with Crippen molar-refractivity contribution >= 4 is 18.8 Å². The van der Waals surface area contributed by atoms with E-state index >= 15 is 0 Å². The van der Waals surface area contributed by atoms with Crippen LogP contribution in [0.4, 0.5) is 5.69 Å². The van der Waals surface area contributed by atoms with Crippen molar-refractivity contribution in [3.63, 3.8) is 0 Å². The lowest BCUT2D eigenvalue weighted by atomic mass is 10.2. The highest BCUT2D eigenvalue weighted by Gasteiger charge is 2.24. The molecule has 0 unspecified atom stereocenters. The van der Waals surface area contributed by atoms with E-state index in [1.54, 1.807) is 0 Å². The van der Waals surface area contributed by atoms with Crippen LogP contribution in [0.1, 0.15) is 18.4 Å². The summed E-state index contributed by atoms with van der Waals surface area (Å²) in [5.74, 6) is 0. The summed E-state index contributed by atoms with van der Waals surface area (Å²) in [6, 6.07) is 7.71. The topological polar surface area (TPSA) is 86.6 Å². The standard InChI is InChI=1S/C11H16NO4P/c1-9-5-2-3-6-10(9)12-8-4-7-11(13)17(14,15)16/h2-3,5-6,12H,4,7-8H2,1H3,(H2,14,15,16). The van der Waals surface area contributed by atoms with E-state index < -0.39 is 13.1 Å². The lowest BCUT2D eigenvalue weighted by Crippen LogP contribution is -2.06. The van der Waals surface area contributed by atoms with Gasteiger partial charge in [-0.15, -0.1) is 0 Å². The Balaban J connectivity index is 2.33. The lowest BCUT2D eigenvalue weighted by molar-refractivity contribution is -0.113. The predicted octanol–water partition coefficient (Wildman–Crippen LogP) is 1.89. The van der Waals surface area contributed by atoms with E-state index in [4.69, 9.17) is 9.79 Å². The minimum absolute atomic E-state index is 0.108. The minimum Gasteiger partial charge on any atom is -0.385 e. The van der Waals surface area contributed by atoms with Crippen LogP contribution in [0.25, 0.3) is 0 Å². The molecule has 6 heteroatoms. The van der Waals surface area contributed by atoms with Gasteiger partial charge in [-0.05, 0) is 25.0 Å². The van der Waals surface area contributed by atoms with Crippen LogP contribution in [0, 0.1) is 6.92 Å². The van der Waals surface area contributed by atoms with Crippen LogP contribution in [-0.4, -0.2) is 21.9 Å². The summed E-state index contributed by atoms with van der Waals surface area (Å²) < 4.78 is 10.6. The Labute approximate surface area is 100 Å². The van der Waals surface area contributed by atoms with Gasteiger partial charge in [-0.2, -0.15) is 0 Å². The highest BCUT2D eigenvalue weighted by Crippen LogP contribution is 2.37. The highest BCUT2D eigenvalue weighted by atomic mass is 31.2. The van der Waals surface area contributed by atoms with Crippen LogP contribution in [0.2, 0.25) is 0 Å². The first kappa shape index (κ1) is 13.9. The van der Waals surface area contributed by atoms with Crippen molar-refractivity contribution in [3.8, 4) is 0 Å². The molecule has 0 aliphatic heterocycles. The quantitative estimate of drug-likeness (QED) is 0.535. The van der Waals surface area contributed by atoms with E-state index in [1.807, 2.05) is 31.2 Å². The Hall–Kier alpha value is -1.16. The molecule has 0 aromatic heterocycles. The number of aryl methyl sites for hydroxylation is 1. The Morgan fingerprint density at radius 2 is 2.00 bits per heavy atom. The van der Waals surface area contributed by atoms with Crippen molar-refractivity contribution in [1.82, 2.24) is 0 Å². The molecule has 0 fully saturated rings. The molecule has 1 aromatic carbocycles. The molecule has 0 spiro atoms. The van der Waals surface area contributed by atoms with Gasteiger partial charge in [-0.25, -0.2) is 0 Å².